The smallest absolute Gasteiger partial charge is 0.243 e. The first-order valence-electron chi connectivity index (χ1n) is 3.56. The number of hydrogen-bond acceptors (Lipinski definition) is 4. The summed E-state index contributed by atoms with van der Waals surface area (Å²) in [5, 5.41) is 0. The molecule has 1 aromatic heterocycles. The summed E-state index contributed by atoms with van der Waals surface area (Å²) in [6.45, 7) is -0.480. The van der Waals surface area contributed by atoms with Gasteiger partial charge in [-0.25, -0.2) is 13.1 Å². The lowest BCUT2D eigenvalue weighted by Gasteiger charge is -2.02. The molecule has 1 rings (SSSR count). The maximum absolute atomic E-state index is 11.5. The predicted molar refractivity (Wildman–Crippen MR) is 58.7 cm³/mol. The highest BCUT2D eigenvalue weighted by atomic mass is 35.5. The van der Waals surface area contributed by atoms with Crippen LogP contribution in [-0.4, -0.2) is 20.9 Å². The van der Waals surface area contributed by atoms with E-state index in [2.05, 4.69) is 0 Å². The summed E-state index contributed by atoms with van der Waals surface area (Å²) in [5.41, 5.74) is 4.80. The van der Waals surface area contributed by atoms with Gasteiger partial charge in [0.2, 0.25) is 15.9 Å². The molecule has 84 valence electrons. The molecular weight excluding hydrogens is 283 g/mol. The largest absolute Gasteiger partial charge is 0.369 e. The summed E-state index contributed by atoms with van der Waals surface area (Å²) in [5.74, 6) is -0.781. The van der Waals surface area contributed by atoms with E-state index in [9.17, 15) is 13.2 Å². The molecule has 0 radical (unpaired) electrons. The Bertz CT molecular complexity index is 483. The summed E-state index contributed by atoms with van der Waals surface area (Å²) >= 11 is 12.2. The fraction of sp³-hybridized carbons (Fsp3) is 0.167. The van der Waals surface area contributed by atoms with Crippen molar-refractivity contribution < 1.29 is 13.2 Å². The SMILES string of the molecule is NC(=O)CNS(=O)(=O)c1cc(Cl)sc1Cl. The van der Waals surface area contributed by atoms with Crippen LogP contribution in [0.1, 0.15) is 0 Å². The van der Waals surface area contributed by atoms with Crippen molar-refractivity contribution in [2.45, 2.75) is 4.90 Å². The monoisotopic (exact) mass is 288 g/mol. The topological polar surface area (TPSA) is 89.3 Å². The minimum Gasteiger partial charge on any atom is -0.369 e. The molecule has 0 spiro atoms. The second-order valence-electron chi connectivity index (χ2n) is 2.48. The third-order valence-corrected chi connectivity index (χ3v) is 4.51. The number of primary amides is 1. The van der Waals surface area contributed by atoms with Gasteiger partial charge in [-0.15, -0.1) is 11.3 Å². The number of rotatable bonds is 4. The van der Waals surface area contributed by atoms with Gasteiger partial charge in [-0.05, 0) is 6.07 Å². The van der Waals surface area contributed by atoms with Crippen LogP contribution in [0.3, 0.4) is 0 Å². The number of nitrogens with one attached hydrogen (secondary N) is 1. The van der Waals surface area contributed by atoms with Gasteiger partial charge < -0.3 is 5.73 Å². The van der Waals surface area contributed by atoms with E-state index in [0.717, 1.165) is 11.3 Å². The van der Waals surface area contributed by atoms with Crippen LogP contribution in [0.4, 0.5) is 0 Å². The van der Waals surface area contributed by atoms with Crippen LogP contribution in [0, 0.1) is 0 Å². The Kier molecular flexibility index (Phi) is 3.96. The summed E-state index contributed by atoms with van der Waals surface area (Å²) in [7, 11) is -3.82. The number of sulfonamides is 1. The number of carbonyl (C=O) groups excluding carboxylic acids is 1. The van der Waals surface area contributed by atoms with Crippen molar-refractivity contribution in [1.29, 1.82) is 0 Å². The molecule has 1 amide bonds. The Morgan fingerprint density at radius 1 is 1.53 bits per heavy atom. The molecule has 0 aliphatic rings. The van der Waals surface area contributed by atoms with Crippen LogP contribution in [0.25, 0.3) is 0 Å². The van der Waals surface area contributed by atoms with Crippen LogP contribution < -0.4 is 10.5 Å². The Labute approximate surface area is 100 Å². The number of thiophene rings is 1. The third-order valence-electron chi connectivity index (χ3n) is 1.35. The van der Waals surface area contributed by atoms with Crippen molar-refractivity contribution in [3.63, 3.8) is 0 Å². The van der Waals surface area contributed by atoms with Crippen LogP contribution in [0.2, 0.25) is 8.67 Å². The van der Waals surface area contributed by atoms with Crippen molar-refractivity contribution in [2.24, 2.45) is 5.73 Å². The molecule has 0 aliphatic heterocycles. The van der Waals surface area contributed by atoms with Gasteiger partial charge in [-0.2, -0.15) is 0 Å². The zero-order valence-electron chi connectivity index (χ0n) is 7.16. The van der Waals surface area contributed by atoms with Crippen molar-refractivity contribution >= 4 is 50.5 Å². The molecule has 0 fully saturated rings. The summed E-state index contributed by atoms with van der Waals surface area (Å²) in [4.78, 5) is 10.3. The van der Waals surface area contributed by atoms with E-state index in [-0.39, 0.29) is 13.6 Å². The Morgan fingerprint density at radius 2 is 2.13 bits per heavy atom. The lowest BCUT2D eigenvalue weighted by atomic mass is 10.7. The second-order valence-corrected chi connectivity index (χ2v) is 6.50. The van der Waals surface area contributed by atoms with Crippen LogP contribution in [-0.2, 0) is 14.8 Å². The van der Waals surface area contributed by atoms with E-state index in [4.69, 9.17) is 28.9 Å². The molecule has 0 unspecified atom stereocenters. The molecular formula is C6H6Cl2N2O3S2. The van der Waals surface area contributed by atoms with E-state index in [1.807, 2.05) is 4.72 Å². The van der Waals surface area contributed by atoms with Gasteiger partial charge >= 0.3 is 0 Å². The van der Waals surface area contributed by atoms with E-state index >= 15 is 0 Å². The predicted octanol–water partition coefficient (Wildman–Crippen LogP) is 0.819. The summed E-state index contributed by atoms with van der Waals surface area (Å²) < 4.78 is 25.3. The molecule has 0 aromatic carbocycles. The van der Waals surface area contributed by atoms with Gasteiger partial charge in [0, 0.05) is 0 Å². The molecule has 0 bridgehead atoms. The zero-order chi connectivity index (χ0) is 11.6. The van der Waals surface area contributed by atoms with Gasteiger partial charge in [0.05, 0.1) is 10.9 Å². The molecule has 1 aromatic rings. The third kappa shape index (κ3) is 3.32. The van der Waals surface area contributed by atoms with E-state index in [1.54, 1.807) is 0 Å². The molecule has 1 heterocycles. The van der Waals surface area contributed by atoms with Crippen LogP contribution in [0.15, 0.2) is 11.0 Å². The van der Waals surface area contributed by atoms with Crippen molar-refractivity contribution in [3.8, 4) is 0 Å². The van der Waals surface area contributed by atoms with Crippen molar-refractivity contribution in [2.75, 3.05) is 6.54 Å². The summed E-state index contributed by atoms with van der Waals surface area (Å²) in [6.07, 6.45) is 0. The van der Waals surface area contributed by atoms with Gasteiger partial charge in [0.25, 0.3) is 0 Å². The van der Waals surface area contributed by atoms with Gasteiger partial charge in [-0.1, -0.05) is 23.2 Å². The normalized spacial score (nSPS) is 11.6. The number of halogens is 2. The second kappa shape index (κ2) is 4.67. The first-order valence-corrected chi connectivity index (χ1v) is 6.61. The Balaban J connectivity index is 2.96. The van der Waals surface area contributed by atoms with E-state index in [1.165, 1.54) is 6.07 Å². The maximum atomic E-state index is 11.5. The van der Waals surface area contributed by atoms with Crippen molar-refractivity contribution in [3.05, 3.63) is 14.7 Å². The first-order chi connectivity index (χ1) is 6.83. The average Bonchev–Trinajstić information content (AvgIpc) is 2.43. The molecule has 15 heavy (non-hydrogen) atoms. The van der Waals surface area contributed by atoms with Crippen LogP contribution in [0.5, 0.6) is 0 Å². The summed E-state index contributed by atoms with van der Waals surface area (Å²) in [6, 6.07) is 1.21. The van der Waals surface area contributed by atoms with E-state index < -0.39 is 22.5 Å². The Morgan fingerprint density at radius 3 is 2.53 bits per heavy atom. The minimum absolute atomic E-state index is 0.0389. The highest BCUT2D eigenvalue weighted by Gasteiger charge is 2.20. The lowest BCUT2D eigenvalue weighted by molar-refractivity contribution is -0.116. The molecule has 3 N–H and O–H groups in total. The molecule has 0 atom stereocenters. The standard InChI is InChI=1S/C6H6Cl2N2O3S2/c7-4-1-3(6(8)14-4)15(12,13)10-2-5(9)11/h1,10H,2H2,(H2,9,11). The number of carbonyl (C=O) groups is 1. The van der Waals surface area contributed by atoms with Gasteiger partial charge in [-0.3, -0.25) is 4.79 Å². The van der Waals surface area contributed by atoms with Gasteiger partial charge in [0.15, 0.2) is 0 Å². The molecule has 0 saturated heterocycles. The molecule has 5 nitrogen and oxygen atoms in total. The Hall–Kier alpha value is -0.340. The zero-order valence-corrected chi connectivity index (χ0v) is 10.3. The van der Waals surface area contributed by atoms with Crippen LogP contribution >= 0.6 is 34.5 Å². The highest BCUT2D eigenvalue weighted by Crippen LogP contribution is 2.33. The van der Waals surface area contributed by atoms with Gasteiger partial charge in [0.1, 0.15) is 9.23 Å². The average molecular weight is 289 g/mol. The molecule has 9 heteroatoms. The highest BCUT2D eigenvalue weighted by molar-refractivity contribution is 7.89. The quantitative estimate of drug-likeness (QED) is 0.860. The fourth-order valence-electron chi connectivity index (χ4n) is 0.752. The fourth-order valence-corrected chi connectivity index (χ4v) is 3.89. The minimum atomic E-state index is -3.82. The lowest BCUT2D eigenvalue weighted by Crippen LogP contribution is -2.33. The first kappa shape index (κ1) is 12.7. The number of hydrogen-bond donors (Lipinski definition) is 2. The molecule has 0 saturated carbocycles. The number of amides is 1. The van der Waals surface area contributed by atoms with Crippen molar-refractivity contribution in [1.82, 2.24) is 4.72 Å². The van der Waals surface area contributed by atoms with E-state index in [0.29, 0.717) is 0 Å². The maximum Gasteiger partial charge on any atom is 0.243 e. The number of nitrogens with two attached hydrogens (primary N) is 1. The molecule has 0 aliphatic carbocycles.